The van der Waals surface area contributed by atoms with Crippen LogP contribution < -0.4 is 5.73 Å². The van der Waals surface area contributed by atoms with Crippen LogP contribution in [-0.2, 0) is 16.1 Å². The summed E-state index contributed by atoms with van der Waals surface area (Å²) >= 11 is 1.18. The van der Waals surface area contributed by atoms with Crippen LogP contribution in [0.25, 0.3) is 11.0 Å². The molecule has 3 N–H and O–H groups in total. The van der Waals surface area contributed by atoms with Crippen LogP contribution in [0.15, 0.2) is 23.4 Å². The molecule has 0 unspecified atom stereocenters. The number of hydrogen-bond donors (Lipinski definition) is 2. The maximum Gasteiger partial charge on any atom is 0.313 e. The number of aliphatic carboxylic acids is 1. The van der Waals surface area contributed by atoms with E-state index in [1.807, 2.05) is 29.7 Å². The number of para-hydroxylation sites is 1. The van der Waals surface area contributed by atoms with Gasteiger partial charge in [0.15, 0.2) is 5.16 Å². The maximum absolute atomic E-state index is 10.9. The van der Waals surface area contributed by atoms with Gasteiger partial charge < -0.3 is 15.4 Å². The third-order valence-electron chi connectivity index (χ3n) is 3.06. The monoisotopic (exact) mass is 307 g/mol. The molecule has 0 atom stereocenters. The van der Waals surface area contributed by atoms with E-state index in [0.717, 1.165) is 16.6 Å². The van der Waals surface area contributed by atoms with E-state index in [2.05, 4.69) is 4.98 Å². The maximum atomic E-state index is 10.9. The quantitative estimate of drug-likeness (QED) is 0.760. The fourth-order valence-corrected chi connectivity index (χ4v) is 2.95. The second-order valence-corrected chi connectivity index (χ2v) is 5.68. The van der Waals surface area contributed by atoms with Gasteiger partial charge in [-0.25, -0.2) is 4.98 Å². The minimum absolute atomic E-state index is 0.0435. The van der Waals surface area contributed by atoms with Gasteiger partial charge in [-0.1, -0.05) is 23.9 Å². The number of carboxylic acids is 1. The van der Waals surface area contributed by atoms with Crippen LogP contribution in [0.5, 0.6) is 0 Å². The lowest BCUT2D eigenvalue weighted by atomic mass is 10.2. The minimum Gasteiger partial charge on any atom is -0.481 e. The zero-order chi connectivity index (χ0) is 15.4. The average molecular weight is 307 g/mol. The third kappa shape index (κ3) is 3.75. The number of aromatic nitrogens is 2. The van der Waals surface area contributed by atoms with Crippen LogP contribution in [0, 0.1) is 6.92 Å². The molecule has 0 radical (unpaired) electrons. The van der Waals surface area contributed by atoms with Gasteiger partial charge in [0.2, 0.25) is 5.91 Å². The molecule has 2 aromatic rings. The Kier molecular flexibility index (Phi) is 4.85. The summed E-state index contributed by atoms with van der Waals surface area (Å²) in [6.07, 6.45) is 0.907. The molecular weight excluding hydrogens is 290 g/mol. The first-order valence-corrected chi connectivity index (χ1v) is 7.56. The second kappa shape index (κ2) is 6.62. The van der Waals surface area contributed by atoms with Gasteiger partial charge in [-0.3, -0.25) is 9.59 Å². The molecule has 2 rings (SSSR count). The van der Waals surface area contributed by atoms with Crippen molar-refractivity contribution in [3.05, 3.63) is 23.8 Å². The Bertz CT molecular complexity index is 681. The van der Waals surface area contributed by atoms with Crippen LogP contribution >= 0.6 is 11.8 Å². The molecule has 21 heavy (non-hydrogen) atoms. The molecule has 0 saturated heterocycles. The van der Waals surface area contributed by atoms with Crippen LogP contribution in [-0.4, -0.2) is 32.3 Å². The first kappa shape index (κ1) is 15.4. The van der Waals surface area contributed by atoms with E-state index in [-0.39, 0.29) is 11.7 Å². The van der Waals surface area contributed by atoms with Crippen molar-refractivity contribution in [2.75, 3.05) is 5.75 Å². The van der Waals surface area contributed by atoms with Crippen LogP contribution in [0.1, 0.15) is 18.4 Å². The van der Waals surface area contributed by atoms with E-state index < -0.39 is 5.97 Å². The van der Waals surface area contributed by atoms with Crippen LogP contribution in [0.4, 0.5) is 0 Å². The number of fused-ring (bicyclic) bond motifs is 1. The molecule has 0 fully saturated rings. The van der Waals surface area contributed by atoms with Gasteiger partial charge >= 0.3 is 5.97 Å². The number of carboxylic acid groups (broad SMARTS) is 1. The summed E-state index contributed by atoms with van der Waals surface area (Å²) in [6, 6.07) is 5.81. The molecule has 0 saturated carbocycles. The van der Waals surface area contributed by atoms with Crippen molar-refractivity contribution in [2.24, 2.45) is 5.73 Å². The van der Waals surface area contributed by atoms with E-state index in [1.54, 1.807) is 0 Å². The first-order valence-electron chi connectivity index (χ1n) is 6.58. The summed E-state index contributed by atoms with van der Waals surface area (Å²) < 4.78 is 1.97. The lowest BCUT2D eigenvalue weighted by Gasteiger charge is -2.09. The number of primary amides is 1. The number of thioether (sulfide) groups is 1. The fraction of sp³-hybridized carbons (Fsp3) is 0.357. The Morgan fingerprint density at radius 2 is 2.19 bits per heavy atom. The molecule has 1 heterocycles. The van der Waals surface area contributed by atoms with Crippen molar-refractivity contribution in [1.29, 1.82) is 0 Å². The number of nitrogens with zero attached hydrogens (tertiary/aromatic N) is 2. The summed E-state index contributed by atoms with van der Waals surface area (Å²) in [5, 5.41) is 9.48. The predicted molar refractivity (Wildman–Crippen MR) is 81.3 cm³/mol. The molecule has 0 aliphatic carbocycles. The second-order valence-electron chi connectivity index (χ2n) is 4.74. The highest BCUT2D eigenvalue weighted by atomic mass is 32.2. The van der Waals surface area contributed by atoms with Crippen molar-refractivity contribution in [3.63, 3.8) is 0 Å². The van der Waals surface area contributed by atoms with Gasteiger partial charge in [-0.05, 0) is 25.0 Å². The SMILES string of the molecule is Cc1cccc2nc(SCC(=O)O)n(CCCC(N)=O)c12. The Labute approximate surface area is 126 Å². The molecule has 1 amide bonds. The first-order chi connectivity index (χ1) is 9.99. The van der Waals surface area contributed by atoms with E-state index in [1.165, 1.54) is 11.8 Å². The zero-order valence-corrected chi connectivity index (χ0v) is 12.5. The summed E-state index contributed by atoms with van der Waals surface area (Å²) in [7, 11) is 0. The summed E-state index contributed by atoms with van der Waals surface area (Å²) in [5.74, 6) is -1.26. The average Bonchev–Trinajstić information content (AvgIpc) is 2.75. The van der Waals surface area contributed by atoms with E-state index in [4.69, 9.17) is 10.8 Å². The van der Waals surface area contributed by atoms with Gasteiger partial charge in [0.1, 0.15) is 0 Å². The number of carbonyl (C=O) groups excluding carboxylic acids is 1. The molecule has 0 bridgehead atoms. The van der Waals surface area contributed by atoms with Crippen LogP contribution in [0.3, 0.4) is 0 Å². The number of nitrogens with two attached hydrogens (primary N) is 1. The van der Waals surface area contributed by atoms with Crippen molar-refractivity contribution < 1.29 is 14.7 Å². The molecule has 6 nitrogen and oxygen atoms in total. The number of imidazole rings is 1. The highest BCUT2D eigenvalue weighted by Gasteiger charge is 2.14. The Morgan fingerprint density at radius 3 is 2.86 bits per heavy atom. The number of hydrogen-bond acceptors (Lipinski definition) is 4. The van der Waals surface area contributed by atoms with Crippen LogP contribution in [0.2, 0.25) is 0 Å². The molecular formula is C14H17N3O3S. The minimum atomic E-state index is -0.882. The van der Waals surface area contributed by atoms with Gasteiger partial charge in [0, 0.05) is 13.0 Å². The fourth-order valence-electron chi connectivity index (χ4n) is 2.20. The third-order valence-corrected chi connectivity index (χ3v) is 4.02. The lowest BCUT2D eigenvalue weighted by molar-refractivity contribution is -0.133. The molecule has 0 aliphatic heterocycles. The number of carbonyl (C=O) groups is 2. The molecule has 1 aromatic heterocycles. The highest BCUT2D eigenvalue weighted by Crippen LogP contribution is 2.26. The Hall–Kier alpha value is -2.02. The standard InChI is InChI=1S/C14H17N3O3S/c1-9-4-2-5-10-13(9)17(7-3-6-11(15)18)14(16-10)21-8-12(19)20/h2,4-5H,3,6-8H2,1H3,(H2,15,18)(H,19,20). The number of rotatable bonds is 7. The zero-order valence-electron chi connectivity index (χ0n) is 11.7. The van der Waals surface area contributed by atoms with E-state index in [9.17, 15) is 9.59 Å². The molecule has 112 valence electrons. The van der Waals surface area contributed by atoms with Gasteiger partial charge in [-0.15, -0.1) is 0 Å². The van der Waals surface area contributed by atoms with Crippen molar-refractivity contribution >= 4 is 34.7 Å². The van der Waals surface area contributed by atoms with Crippen molar-refractivity contribution in [3.8, 4) is 0 Å². The topological polar surface area (TPSA) is 98.2 Å². The largest absolute Gasteiger partial charge is 0.481 e. The normalized spacial score (nSPS) is 10.9. The number of aryl methyl sites for hydroxylation is 2. The van der Waals surface area contributed by atoms with Crippen molar-refractivity contribution in [1.82, 2.24) is 9.55 Å². The van der Waals surface area contributed by atoms with Crippen molar-refractivity contribution in [2.45, 2.75) is 31.5 Å². The van der Waals surface area contributed by atoms with Gasteiger partial charge in [0.25, 0.3) is 0 Å². The summed E-state index contributed by atoms with van der Waals surface area (Å²) in [5.41, 5.74) is 8.05. The Morgan fingerprint density at radius 1 is 1.43 bits per heavy atom. The number of amides is 1. The van der Waals surface area contributed by atoms with Gasteiger partial charge in [0.05, 0.1) is 16.8 Å². The molecule has 1 aromatic carbocycles. The van der Waals surface area contributed by atoms with E-state index >= 15 is 0 Å². The molecule has 7 heteroatoms. The predicted octanol–water partition coefficient (Wildman–Crippen LogP) is 1.79. The summed E-state index contributed by atoms with van der Waals surface area (Å²) in [4.78, 5) is 26.1. The van der Waals surface area contributed by atoms with Gasteiger partial charge in [-0.2, -0.15) is 0 Å². The summed E-state index contributed by atoms with van der Waals surface area (Å²) in [6.45, 7) is 2.58. The number of benzene rings is 1. The van der Waals surface area contributed by atoms with E-state index in [0.29, 0.717) is 24.5 Å². The lowest BCUT2D eigenvalue weighted by Crippen LogP contribution is -2.12. The molecule has 0 aliphatic rings. The smallest absolute Gasteiger partial charge is 0.313 e. The Balaban J connectivity index is 2.33. The molecule has 0 spiro atoms. The highest BCUT2D eigenvalue weighted by molar-refractivity contribution is 7.99.